The highest BCUT2D eigenvalue weighted by Crippen LogP contribution is 2.05. The Balaban J connectivity index is 2.65. The number of carbonyl (C=O) groups excluding carboxylic acids is 1. The van der Waals surface area contributed by atoms with Crippen LogP contribution >= 0.6 is 11.6 Å². The first-order valence-corrected chi connectivity index (χ1v) is 5.86. The lowest BCUT2D eigenvalue weighted by Gasteiger charge is -2.05. The van der Waals surface area contributed by atoms with E-state index in [0.717, 1.165) is 0 Å². The number of benzene rings is 1. The number of hydrogen-bond donors (Lipinski definition) is 2. The number of hydrogen-bond acceptors (Lipinski definition) is 4. The Kier molecular flexibility index (Phi) is 4.22. The minimum Gasteiger partial charge on any atom is -0.280 e. The minimum absolute atomic E-state index is 0.111. The average molecular weight is 249 g/mol. The fourth-order valence-corrected chi connectivity index (χ4v) is 1.82. The van der Waals surface area contributed by atoms with Crippen molar-refractivity contribution >= 4 is 26.9 Å². The standard InChI is InChI=1S/C8H9ClN2O3S/c9-8(12)6-10-11-15(13,14)7-4-2-1-3-5-7/h1-5,10-11H,6H2. The van der Waals surface area contributed by atoms with Gasteiger partial charge in [0.15, 0.2) is 0 Å². The van der Waals surface area contributed by atoms with Crippen LogP contribution in [0.1, 0.15) is 0 Å². The van der Waals surface area contributed by atoms with Gasteiger partial charge < -0.3 is 0 Å². The molecule has 0 aromatic heterocycles. The quantitative estimate of drug-likeness (QED) is 0.578. The Labute approximate surface area is 92.5 Å². The van der Waals surface area contributed by atoms with Crippen molar-refractivity contribution in [2.24, 2.45) is 0 Å². The predicted octanol–water partition coefficient (Wildman–Crippen LogP) is 0.235. The number of carbonyl (C=O) groups is 1. The molecular formula is C8H9ClN2O3S. The third-order valence-corrected chi connectivity index (χ3v) is 2.93. The number of hydrazine groups is 1. The molecule has 2 N–H and O–H groups in total. The van der Waals surface area contributed by atoms with Crippen LogP contribution in [0.2, 0.25) is 0 Å². The summed E-state index contributed by atoms with van der Waals surface area (Å²) in [4.78, 5) is 12.5. The van der Waals surface area contributed by atoms with Gasteiger partial charge in [-0.05, 0) is 23.7 Å². The third kappa shape index (κ3) is 3.96. The summed E-state index contributed by atoms with van der Waals surface area (Å²) in [7, 11) is -3.63. The van der Waals surface area contributed by atoms with Crippen LogP contribution in [-0.4, -0.2) is 20.2 Å². The molecule has 0 amide bonds. The summed E-state index contributed by atoms with van der Waals surface area (Å²) < 4.78 is 23.0. The van der Waals surface area contributed by atoms with Crippen molar-refractivity contribution in [2.75, 3.05) is 6.54 Å². The fraction of sp³-hybridized carbons (Fsp3) is 0.125. The van der Waals surface area contributed by atoms with E-state index < -0.39 is 15.3 Å². The van der Waals surface area contributed by atoms with Gasteiger partial charge in [-0.15, -0.1) is 4.83 Å². The topological polar surface area (TPSA) is 75.3 Å². The lowest BCUT2D eigenvalue weighted by molar-refractivity contribution is -0.111. The Morgan fingerprint density at radius 2 is 1.87 bits per heavy atom. The van der Waals surface area contributed by atoms with E-state index in [9.17, 15) is 13.2 Å². The maximum atomic E-state index is 11.5. The molecule has 0 atom stereocenters. The summed E-state index contributed by atoms with van der Waals surface area (Å²) in [6.07, 6.45) is 0. The zero-order chi connectivity index (χ0) is 11.3. The first-order chi connectivity index (χ1) is 7.02. The molecule has 0 aliphatic carbocycles. The summed E-state index contributed by atoms with van der Waals surface area (Å²) in [5.74, 6) is 0. The molecule has 0 saturated carbocycles. The zero-order valence-electron chi connectivity index (χ0n) is 7.60. The molecule has 0 aliphatic heterocycles. The van der Waals surface area contributed by atoms with Crippen molar-refractivity contribution in [3.8, 4) is 0 Å². The van der Waals surface area contributed by atoms with E-state index >= 15 is 0 Å². The maximum absolute atomic E-state index is 11.5. The molecule has 0 unspecified atom stereocenters. The molecule has 1 aromatic rings. The average Bonchev–Trinajstić information content (AvgIpc) is 2.18. The molecular weight excluding hydrogens is 240 g/mol. The molecule has 0 bridgehead atoms. The molecule has 82 valence electrons. The first-order valence-electron chi connectivity index (χ1n) is 4.00. The van der Waals surface area contributed by atoms with Crippen LogP contribution in [-0.2, 0) is 14.8 Å². The second-order valence-corrected chi connectivity index (χ2v) is 4.73. The first kappa shape index (κ1) is 12.1. The fourth-order valence-electron chi connectivity index (χ4n) is 0.859. The molecule has 1 rings (SSSR count). The second kappa shape index (κ2) is 5.22. The maximum Gasteiger partial charge on any atom is 0.253 e. The van der Waals surface area contributed by atoms with Crippen molar-refractivity contribution in [3.63, 3.8) is 0 Å². The Morgan fingerprint density at radius 1 is 1.27 bits per heavy atom. The van der Waals surface area contributed by atoms with Gasteiger partial charge in [-0.25, -0.2) is 13.8 Å². The number of halogens is 1. The van der Waals surface area contributed by atoms with Crippen LogP contribution in [0.3, 0.4) is 0 Å². The van der Waals surface area contributed by atoms with E-state index in [1.54, 1.807) is 18.2 Å². The highest BCUT2D eigenvalue weighted by molar-refractivity contribution is 7.89. The molecule has 0 fully saturated rings. The summed E-state index contributed by atoms with van der Waals surface area (Å²) in [5, 5.41) is -0.675. The van der Waals surface area contributed by atoms with Crippen molar-refractivity contribution in [3.05, 3.63) is 30.3 Å². The summed E-state index contributed by atoms with van der Waals surface area (Å²) in [5.41, 5.74) is 2.20. The van der Waals surface area contributed by atoms with Crippen molar-refractivity contribution in [1.82, 2.24) is 10.3 Å². The summed E-state index contributed by atoms with van der Waals surface area (Å²) >= 11 is 5.02. The van der Waals surface area contributed by atoms with Crippen LogP contribution in [0.5, 0.6) is 0 Å². The van der Waals surface area contributed by atoms with E-state index in [0.29, 0.717) is 0 Å². The Bertz CT molecular complexity index is 432. The SMILES string of the molecule is O=C(Cl)CNNS(=O)(=O)c1ccccc1. The van der Waals surface area contributed by atoms with E-state index in [4.69, 9.17) is 11.6 Å². The van der Waals surface area contributed by atoms with Gasteiger partial charge in [-0.3, -0.25) is 4.79 Å². The summed E-state index contributed by atoms with van der Waals surface area (Å²) in [6, 6.07) is 7.77. The predicted molar refractivity (Wildman–Crippen MR) is 55.6 cm³/mol. The molecule has 0 radical (unpaired) electrons. The van der Waals surface area contributed by atoms with E-state index in [2.05, 4.69) is 5.43 Å². The number of sulfonamides is 1. The lowest BCUT2D eigenvalue weighted by Crippen LogP contribution is -2.39. The van der Waals surface area contributed by atoms with E-state index in [1.165, 1.54) is 12.1 Å². The Morgan fingerprint density at radius 3 is 2.40 bits per heavy atom. The van der Waals surface area contributed by atoms with Gasteiger partial charge in [0.25, 0.3) is 10.0 Å². The third-order valence-electron chi connectivity index (χ3n) is 1.49. The van der Waals surface area contributed by atoms with Crippen LogP contribution < -0.4 is 10.3 Å². The molecule has 0 spiro atoms. The van der Waals surface area contributed by atoms with Crippen LogP contribution in [0, 0.1) is 0 Å². The molecule has 0 heterocycles. The monoisotopic (exact) mass is 248 g/mol. The van der Waals surface area contributed by atoms with Gasteiger partial charge in [0.05, 0.1) is 11.4 Å². The molecule has 0 aliphatic rings. The number of rotatable bonds is 5. The minimum atomic E-state index is -3.63. The van der Waals surface area contributed by atoms with Crippen molar-refractivity contribution in [1.29, 1.82) is 0 Å². The lowest BCUT2D eigenvalue weighted by atomic mass is 10.4. The van der Waals surface area contributed by atoms with Crippen LogP contribution in [0.15, 0.2) is 35.2 Å². The smallest absolute Gasteiger partial charge is 0.253 e. The highest BCUT2D eigenvalue weighted by atomic mass is 35.5. The molecule has 0 saturated heterocycles. The van der Waals surface area contributed by atoms with Gasteiger partial charge in [-0.2, -0.15) is 0 Å². The van der Waals surface area contributed by atoms with Crippen LogP contribution in [0.25, 0.3) is 0 Å². The van der Waals surface area contributed by atoms with E-state index in [1.807, 2.05) is 4.83 Å². The molecule has 15 heavy (non-hydrogen) atoms. The summed E-state index contributed by atoms with van der Waals surface area (Å²) in [6.45, 7) is -0.270. The molecule has 7 heteroatoms. The van der Waals surface area contributed by atoms with Gasteiger partial charge in [0.1, 0.15) is 0 Å². The Hall–Kier alpha value is -0.950. The zero-order valence-corrected chi connectivity index (χ0v) is 9.18. The molecule has 5 nitrogen and oxygen atoms in total. The second-order valence-electron chi connectivity index (χ2n) is 2.63. The largest absolute Gasteiger partial charge is 0.280 e. The van der Waals surface area contributed by atoms with Crippen LogP contribution in [0.4, 0.5) is 0 Å². The van der Waals surface area contributed by atoms with Crippen molar-refractivity contribution in [2.45, 2.75) is 4.90 Å². The van der Waals surface area contributed by atoms with Gasteiger partial charge in [-0.1, -0.05) is 18.2 Å². The van der Waals surface area contributed by atoms with Gasteiger partial charge in [0, 0.05) is 0 Å². The normalized spacial score (nSPS) is 11.3. The molecule has 1 aromatic carbocycles. The van der Waals surface area contributed by atoms with E-state index in [-0.39, 0.29) is 11.4 Å². The van der Waals surface area contributed by atoms with Crippen molar-refractivity contribution < 1.29 is 13.2 Å². The van der Waals surface area contributed by atoms with Gasteiger partial charge >= 0.3 is 0 Å². The highest BCUT2D eigenvalue weighted by Gasteiger charge is 2.12. The number of nitrogens with one attached hydrogen (secondary N) is 2. The van der Waals surface area contributed by atoms with Gasteiger partial charge in [0.2, 0.25) is 5.24 Å².